The van der Waals surface area contributed by atoms with Gasteiger partial charge in [-0.05, 0) is 24.3 Å². The Morgan fingerprint density at radius 2 is 2.30 bits per heavy atom. The minimum atomic E-state index is -0.316. The molecule has 140 valence electrons. The van der Waals surface area contributed by atoms with E-state index in [1.807, 2.05) is 18.2 Å². The molecule has 4 rings (SSSR count). The number of amides is 1. The maximum absolute atomic E-state index is 13.7. The largest absolute Gasteiger partial charge is 0.371 e. The molecule has 0 saturated carbocycles. The van der Waals surface area contributed by atoms with Gasteiger partial charge in [-0.25, -0.2) is 9.37 Å². The maximum atomic E-state index is 13.7. The van der Waals surface area contributed by atoms with E-state index < -0.39 is 0 Å². The van der Waals surface area contributed by atoms with E-state index >= 15 is 0 Å². The predicted molar refractivity (Wildman–Crippen MR) is 98.6 cm³/mol. The third-order valence-corrected chi connectivity index (χ3v) is 4.54. The molecule has 1 aliphatic heterocycles. The Labute approximate surface area is 155 Å². The number of hydrogen-bond acceptors (Lipinski definition) is 5. The van der Waals surface area contributed by atoms with Crippen LogP contribution in [0.2, 0.25) is 0 Å². The maximum Gasteiger partial charge on any atom is 0.221 e. The van der Waals surface area contributed by atoms with Gasteiger partial charge in [0, 0.05) is 37.5 Å². The van der Waals surface area contributed by atoms with Gasteiger partial charge in [0.05, 0.1) is 29.9 Å². The standard InChI is InChI=1S/C19H20FN5O2/c1-12(26)23-14-2-3-18-17(6-14)24-19-11-27-10-15(25(18)19)8-22-7-13-4-5-21-9-16(13)20/h2-6,9,15,22H,7-8,10-11H2,1H3,(H,23,26)/t15-/m0/s1. The van der Waals surface area contributed by atoms with Gasteiger partial charge in [0.25, 0.3) is 0 Å². The van der Waals surface area contributed by atoms with Crippen LogP contribution < -0.4 is 10.6 Å². The molecule has 1 aliphatic rings. The van der Waals surface area contributed by atoms with Crippen molar-refractivity contribution in [3.05, 3.63) is 53.9 Å². The Kier molecular flexibility index (Phi) is 4.83. The van der Waals surface area contributed by atoms with Gasteiger partial charge in [0.2, 0.25) is 5.91 Å². The first kappa shape index (κ1) is 17.6. The molecule has 0 fully saturated rings. The van der Waals surface area contributed by atoms with Gasteiger partial charge in [-0.15, -0.1) is 0 Å². The van der Waals surface area contributed by atoms with Crippen molar-refractivity contribution >= 4 is 22.6 Å². The SMILES string of the molecule is CC(=O)Nc1ccc2c(c1)nc1n2[C@@H](CNCc2ccncc2F)COC1. The average molecular weight is 369 g/mol. The summed E-state index contributed by atoms with van der Waals surface area (Å²) >= 11 is 0. The summed E-state index contributed by atoms with van der Waals surface area (Å²) in [5.41, 5.74) is 3.10. The fourth-order valence-electron chi connectivity index (χ4n) is 3.37. The molecule has 1 amide bonds. The number of carbonyl (C=O) groups excluding carboxylic acids is 1. The molecule has 1 aromatic carbocycles. The fourth-order valence-corrected chi connectivity index (χ4v) is 3.37. The van der Waals surface area contributed by atoms with Crippen molar-refractivity contribution in [2.45, 2.75) is 26.1 Å². The average Bonchev–Trinajstić information content (AvgIpc) is 3.01. The number of carbonyl (C=O) groups is 1. The van der Waals surface area contributed by atoms with Crippen LogP contribution in [0.5, 0.6) is 0 Å². The van der Waals surface area contributed by atoms with E-state index in [9.17, 15) is 9.18 Å². The molecule has 0 saturated heterocycles. The van der Waals surface area contributed by atoms with Crippen LogP contribution in [0.25, 0.3) is 11.0 Å². The first-order chi connectivity index (χ1) is 13.1. The number of ether oxygens (including phenoxy) is 1. The summed E-state index contributed by atoms with van der Waals surface area (Å²) in [4.78, 5) is 19.7. The van der Waals surface area contributed by atoms with Crippen LogP contribution in [0, 0.1) is 5.82 Å². The monoisotopic (exact) mass is 369 g/mol. The summed E-state index contributed by atoms with van der Waals surface area (Å²) in [6.45, 7) is 3.51. The number of nitrogens with one attached hydrogen (secondary N) is 2. The Bertz CT molecular complexity index is 987. The Morgan fingerprint density at radius 1 is 1.41 bits per heavy atom. The molecular formula is C19H20FN5O2. The number of anilines is 1. The van der Waals surface area contributed by atoms with Crippen molar-refractivity contribution in [3.63, 3.8) is 0 Å². The summed E-state index contributed by atoms with van der Waals surface area (Å²) in [5, 5.41) is 6.07. The number of benzene rings is 1. The Balaban J connectivity index is 1.53. The molecule has 0 unspecified atom stereocenters. The zero-order valence-corrected chi connectivity index (χ0v) is 14.9. The molecule has 0 bridgehead atoms. The summed E-state index contributed by atoms with van der Waals surface area (Å²) in [5.74, 6) is 0.411. The molecule has 27 heavy (non-hydrogen) atoms. The lowest BCUT2D eigenvalue weighted by atomic mass is 10.2. The highest BCUT2D eigenvalue weighted by atomic mass is 19.1. The lowest BCUT2D eigenvalue weighted by Gasteiger charge is -2.26. The summed E-state index contributed by atoms with van der Waals surface area (Å²) < 4.78 is 21.6. The van der Waals surface area contributed by atoms with Gasteiger partial charge in [0.1, 0.15) is 18.2 Å². The highest BCUT2D eigenvalue weighted by Gasteiger charge is 2.24. The first-order valence-corrected chi connectivity index (χ1v) is 8.77. The third-order valence-electron chi connectivity index (χ3n) is 4.54. The first-order valence-electron chi connectivity index (χ1n) is 8.77. The van der Waals surface area contributed by atoms with Gasteiger partial charge < -0.3 is 19.9 Å². The second-order valence-electron chi connectivity index (χ2n) is 6.55. The molecule has 0 spiro atoms. The minimum Gasteiger partial charge on any atom is -0.371 e. The second-order valence-corrected chi connectivity index (χ2v) is 6.55. The molecule has 2 N–H and O–H groups in total. The topological polar surface area (TPSA) is 81.1 Å². The van der Waals surface area contributed by atoms with Crippen LogP contribution >= 0.6 is 0 Å². The number of nitrogens with zero attached hydrogens (tertiary/aromatic N) is 3. The summed E-state index contributed by atoms with van der Waals surface area (Å²) in [7, 11) is 0. The predicted octanol–water partition coefficient (Wildman–Crippen LogP) is 2.39. The smallest absolute Gasteiger partial charge is 0.221 e. The van der Waals surface area contributed by atoms with E-state index in [2.05, 4.69) is 25.2 Å². The van der Waals surface area contributed by atoms with Crippen molar-refractivity contribution in [1.29, 1.82) is 0 Å². The van der Waals surface area contributed by atoms with Crippen LogP contribution in [0.15, 0.2) is 36.7 Å². The number of halogens is 1. The van der Waals surface area contributed by atoms with Crippen molar-refractivity contribution in [2.75, 3.05) is 18.5 Å². The van der Waals surface area contributed by atoms with Crippen LogP contribution in [-0.2, 0) is 22.7 Å². The Hall–Kier alpha value is -2.84. The van der Waals surface area contributed by atoms with E-state index in [0.29, 0.717) is 37.6 Å². The molecule has 0 radical (unpaired) electrons. The lowest BCUT2D eigenvalue weighted by molar-refractivity contribution is -0.114. The van der Waals surface area contributed by atoms with E-state index in [-0.39, 0.29) is 17.8 Å². The quantitative estimate of drug-likeness (QED) is 0.722. The molecular weight excluding hydrogens is 349 g/mol. The number of rotatable bonds is 5. The second kappa shape index (κ2) is 7.42. The van der Waals surface area contributed by atoms with Gasteiger partial charge in [-0.2, -0.15) is 0 Å². The van der Waals surface area contributed by atoms with Gasteiger partial charge >= 0.3 is 0 Å². The van der Waals surface area contributed by atoms with Crippen LogP contribution in [0.4, 0.5) is 10.1 Å². The third kappa shape index (κ3) is 3.67. The van der Waals surface area contributed by atoms with Crippen LogP contribution in [-0.4, -0.2) is 33.6 Å². The van der Waals surface area contributed by atoms with E-state index in [0.717, 1.165) is 16.9 Å². The fraction of sp³-hybridized carbons (Fsp3) is 0.316. The van der Waals surface area contributed by atoms with Gasteiger partial charge in [-0.3, -0.25) is 9.78 Å². The normalized spacial score (nSPS) is 16.3. The highest BCUT2D eigenvalue weighted by Crippen LogP contribution is 2.27. The molecule has 8 heteroatoms. The van der Waals surface area contributed by atoms with Gasteiger partial charge in [0.15, 0.2) is 0 Å². The number of fused-ring (bicyclic) bond motifs is 3. The summed E-state index contributed by atoms with van der Waals surface area (Å²) in [6, 6.07) is 7.40. The van der Waals surface area contributed by atoms with Crippen molar-refractivity contribution in [1.82, 2.24) is 19.9 Å². The molecule has 0 aliphatic carbocycles. The number of pyridine rings is 1. The number of imidazole rings is 1. The zero-order valence-electron chi connectivity index (χ0n) is 14.9. The van der Waals surface area contributed by atoms with Crippen LogP contribution in [0.3, 0.4) is 0 Å². The zero-order chi connectivity index (χ0) is 18.8. The Morgan fingerprint density at radius 3 is 3.11 bits per heavy atom. The molecule has 2 aromatic heterocycles. The molecule has 3 heterocycles. The lowest BCUT2D eigenvalue weighted by Crippen LogP contribution is -2.32. The van der Waals surface area contributed by atoms with Crippen molar-refractivity contribution in [2.24, 2.45) is 0 Å². The van der Waals surface area contributed by atoms with E-state index in [1.165, 1.54) is 13.1 Å². The van der Waals surface area contributed by atoms with E-state index in [1.54, 1.807) is 12.3 Å². The van der Waals surface area contributed by atoms with Crippen molar-refractivity contribution in [3.8, 4) is 0 Å². The minimum absolute atomic E-state index is 0.0512. The van der Waals surface area contributed by atoms with Crippen LogP contribution in [0.1, 0.15) is 24.4 Å². The molecule has 1 atom stereocenters. The van der Waals surface area contributed by atoms with E-state index in [4.69, 9.17) is 4.74 Å². The highest BCUT2D eigenvalue weighted by molar-refractivity contribution is 5.91. The van der Waals surface area contributed by atoms with Crippen molar-refractivity contribution < 1.29 is 13.9 Å². The van der Waals surface area contributed by atoms with Gasteiger partial charge in [-0.1, -0.05) is 0 Å². The molecule has 3 aromatic rings. The molecule has 7 nitrogen and oxygen atoms in total. The number of aromatic nitrogens is 3. The summed E-state index contributed by atoms with van der Waals surface area (Å²) in [6.07, 6.45) is 2.80. The number of hydrogen-bond donors (Lipinski definition) is 2.